The van der Waals surface area contributed by atoms with Gasteiger partial charge in [-0.2, -0.15) is 0 Å². The van der Waals surface area contributed by atoms with Crippen molar-refractivity contribution in [3.05, 3.63) is 33.6 Å². The van der Waals surface area contributed by atoms with Crippen LogP contribution in [0.5, 0.6) is 0 Å². The predicted molar refractivity (Wildman–Crippen MR) is 83.7 cm³/mol. The van der Waals surface area contributed by atoms with Crippen LogP contribution < -0.4 is 10.6 Å². The van der Waals surface area contributed by atoms with E-state index in [0.29, 0.717) is 11.5 Å². The van der Waals surface area contributed by atoms with Crippen molar-refractivity contribution in [2.45, 2.75) is 39.7 Å². The Morgan fingerprint density at radius 3 is 2.73 bits per heavy atom. The summed E-state index contributed by atoms with van der Waals surface area (Å²) in [4.78, 5) is 24.8. The molecule has 4 aliphatic rings. The van der Waals surface area contributed by atoms with E-state index in [9.17, 15) is 9.59 Å². The third-order valence-electron chi connectivity index (χ3n) is 6.14. The first-order valence-electron chi connectivity index (χ1n) is 7.82. The van der Waals surface area contributed by atoms with E-state index in [1.165, 1.54) is 5.57 Å². The summed E-state index contributed by atoms with van der Waals surface area (Å²) in [6.45, 7) is 6.56. The standard InChI is InChI=1S/C17H19ClN2O2/c1-7-9-4-5-10-12-14(9)20-13(7)8(2)17(10,3)6-11(18)19-16(22)15(12)21/h6-8,13,20H,4-5H2,1-3H3,(H,19,22)/b11-6-. The van der Waals surface area contributed by atoms with Gasteiger partial charge in [0.2, 0.25) is 0 Å². The molecule has 0 spiro atoms. The Kier molecular flexibility index (Phi) is 2.72. The second-order valence-corrected chi connectivity index (χ2v) is 7.47. The number of Topliss-reactive ketones (excluding diaryl/α,β-unsaturated/α-hetero) is 1. The monoisotopic (exact) mass is 318 g/mol. The lowest BCUT2D eigenvalue weighted by atomic mass is 9.61. The van der Waals surface area contributed by atoms with Crippen molar-refractivity contribution in [3.8, 4) is 0 Å². The van der Waals surface area contributed by atoms with Crippen molar-refractivity contribution in [2.75, 3.05) is 0 Å². The summed E-state index contributed by atoms with van der Waals surface area (Å²) in [6.07, 6.45) is 3.72. The fraction of sp³-hybridized carbons (Fsp3) is 0.529. The molecule has 0 aromatic carbocycles. The summed E-state index contributed by atoms with van der Waals surface area (Å²) in [5.41, 5.74) is 3.56. The normalized spacial score (nSPS) is 42.4. The molecular weight excluding hydrogens is 300 g/mol. The molecule has 2 N–H and O–H groups in total. The second-order valence-electron chi connectivity index (χ2n) is 7.06. The maximum Gasteiger partial charge on any atom is 0.297 e. The van der Waals surface area contributed by atoms with Gasteiger partial charge in [-0.3, -0.25) is 9.59 Å². The molecule has 5 bridgehead atoms. The quantitative estimate of drug-likeness (QED) is 0.532. The van der Waals surface area contributed by atoms with Crippen molar-refractivity contribution in [2.24, 2.45) is 17.3 Å². The number of hydrogen-bond acceptors (Lipinski definition) is 3. The Bertz CT molecular complexity index is 718. The molecule has 4 atom stereocenters. The van der Waals surface area contributed by atoms with Crippen LogP contribution >= 0.6 is 11.6 Å². The van der Waals surface area contributed by atoms with Crippen LogP contribution in [-0.4, -0.2) is 17.7 Å². The van der Waals surface area contributed by atoms with Gasteiger partial charge < -0.3 is 10.6 Å². The molecule has 1 aliphatic carbocycles. The fourth-order valence-electron chi connectivity index (χ4n) is 4.74. The summed E-state index contributed by atoms with van der Waals surface area (Å²) in [5, 5.41) is 6.32. The van der Waals surface area contributed by atoms with Crippen molar-refractivity contribution in [1.29, 1.82) is 0 Å². The number of carbonyl (C=O) groups excluding carboxylic acids is 2. The van der Waals surface area contributed by atoms with Gasteiger partial charge in [-0.05, 0) is 41.9 Å². The Hall–Kier alpha value is -1.55. The average molecular weight is 319 g/mol. The molecule has 0 fully saturated rings. The van der Waals surface area contributed by atoms with Crippen LogP contribution in [0.3, 0.4) is 0 Å². The van der Waals surface area contributed by atoms with Crippen molar-refractivity contribution < 1.29 is 9.59 Å². The van der Waals surface area contributed by atoms with E-state index in [-0.39, 0.29) is 22.5 Å². The molecule has 0 saturated heterocycles. The van der Waals surface area contributed by atoms with Gasteiger partial charge in [0.1, 0.15) is 5.16 Å². The minimum atomic E-state index is -0.642. The van der Waals surface area contributed by atoms with Crippen LogP contribution in [0.1, 0.15) is 33.6 Å². The van der Waals surface area contributed by atoms with E-state index >= 15 is 0 Å². The molecule has 5 heteroatoms. The number of nitrogens with one attached hydrogen (secondary N) is 2. The maximum atomic E-state index is 12.7. The molecule has 0 aromatic rings. The Balaban J connectivity index is 2.07. The van der Waals surface area contributed by atoms with Crippen LogP contribution in [0.2, 0.25) is 0 Å². The van der Waals surface area contributed by atoms with Crippen LogP contribution in [-0.2, 0) is 9.59 Å². The van der Waals surface area contributed by atoms with Crippen molar-refractivity contribution in [3.63, 3.8) is 0 Å². The van der Waals surface area contributed by atoms with Crippen molar-refractivity contribution >= 4 is 23.3 Å². The first kappa shape index (κ1) is 14.1. The number of ketones is 1. The number of halogens is 1. The smallest absolute Gasteiger partial charge is 0.297 e. The van der Waals surface area contributed by atoms with Gasteiger partial charge in [0.05, 0.1) is 5.57 Å². The zero-order valence-corrected chi connectivity index (χ0v) is 13.7. The fourth-order valence-corrected chi connectivity index (χ4v) is 5.05. The van der Waals surface area contributed by atoms with E-state index in [1.54, 1.807) is 0 Å². The first-order valence-corrected chi connectivity index (χ1v) is 8.20. The number of rotatable bonds is 0. The van der Waals surface area contributed by atoms with Gasteiger partial charge >= 0.3 is 0 Å². The SMILES string of the molecule is CC1C2=C3NC1C(C)C1(C)/C=C(/Cl)NC(=O)C(=O)C3=C1CC2. The highest BCUT2D eigenvalue weighted by Gasteiger charge is 2.53. The molecule has 3 aliphatic heterocycles. The Labute approximate surface area is 134 Å². The Morgan fingerprint density at radius 1 is 1.27 bits per heavy atom. The van der Waals surface area contributed by atoms with Gasteiger partial charge in [-0.15, -0.1) is 0 Å². The number of hydrogen-bond donors (Lipinski definition) is 2. The molecule has 3 heterocycles. The molecular formula is C17H19ClN2O2. The van der Waals surface area contributed by atoms with Gasteiger partial charge in [-0.1, -0.05) is 32.4 Å². The molecule has 1 amide bonds. The summed E-state index contributed by atoms with van der Waals surface area (Å²) in [7, 11) is 0. The van der Waals surface area contributed by atoms with Gasteiger partial charge in [-0.25, -0.2) is 0 Å². The van der Waals surface area contributed by atoms with Crippen LogP contribution in [0.4, 0.5) is 0 Å². The summed E-state index contributed by atoms with van der Waals surface area (Å²) >= 11 is 6.20. The molecule has 0 aromatic heterocycles. The molecule has 4 rings (SSSR count). The third kappa shape index (κ3) is 1.54. The van der Waals surface area contributed by atoms with E-state index in [2.05, 4.69) is 31.4 Å². The van der Waals surface area contributed by atoms with Crippen LogP contribution in [0.25, 0.3) is 0 Å². The molecule has 0 saturated carbocycles. The van der Waals surface area contributed by atoms with Gasteiger partial charge in [0.25, 0.3) is 11.7 Å². The van der Waals surface area contributed by atoms with Crippen molar-refractivity contribution in [1.82, 2.24) is 10.6 Å². The number of allylic oxidation sites excluding steroid dienone is 3. The molecule has 22 heavy (non-hydrogen) atoms. The largest absolute Gasteiger partial charge is 0.381 e. The number of fused-ring (bicyclic) bond motifs is 1. The van der Waals surface area contributed by atoms with E-state index in [1.807, 2.05) is 6.08 Å². The minimum absolute atomic E-state index is 0.254. The highest BCUT2D eigenvalue weighted by molar-refractivity contribution is 6.46. The zero-order valence-electron chi connectivity index (χ0n) is 12.9. The lowest BCUT2D eigenvalue weighted by Crippen LogP contribution is -2.43. The number of amides is 1. The summed E-state index contributed by atoms with van der Waals surface area (Å²) < 4.78 is 0. The maximum absolute atomic E-state index is 12.7. The summed E-state index contributed by atoms with van der Waals surface area (Å²) in [6, 6.07) is 0.268. The highest BCUT2D eigenvalue weighted by Crippen LogP contribution is 2.55. The first-order chi connectivity index (χ1) is 10.3. The van der Waals surface area contributed by atoms with Gasteiger partial charge in [0.15, 0.2) is 0 Å². The molecule has 4 unspecified atom stereocenters. The third-order valence-corrected chi connectivity index (χ3v) is 6.35. The van der Waals surface area contributed by atoms with E-state index in [4.69, 9.17) is 11.6 Å². The Morgan fingerprint density at radius 2 is 2.00 bits per heavy atom. The van der Waals surface area contributed by atoms with E-state index in [0.717, 1.165) is 24.1 Å². The van der Waals surface area contributed by atoms with Gasteiger partial charge in [0, 0.05) is 17.2 Å². The van der Waals surface area contributed by atoms with Crippen LogP contribution in [0.15, 0.2) is 33.6 Å². The second kappa shape index (κ2) is 4.25. The lowest BCUT2D eigenvalue weighted by molar-refractivity contribution is -0.135. The highest BCUT2D eigenvalue weighted by atomic mass is 35.5. The number of carbonyl (C=O) groups is 2. The minimum Gasteiger partial charge on any atom is -0.381 e. The molecule has 116 valence electrons. The zero-order chi connectivity index (χ0) is 15.8. The predicted octanol–water partition coefficient (Wildman–Crippen LogP) is 2.37. The van der Waals surface area contributed by atoms with E-state index < -0.39 is 11.7 Å². The topological polar surface area (TPSA) is 58.2 Å². The summed E-state index contributed by atoms with van der Waals surface area (Å²) in [5.74, 6) is -0.450. The van der Waals surface area contributed by atoms with Crippen LogP contribution in [0, 0.1) is 17.3 Å². The molecule has 4 nitrogen and oxygen atoms in total. The average Bonchev–Trinajstić information content (AvgIpc) is 2.77. The lowest BCUT2D eigenvalue weighted by Gasteiger charge is -2.43. The molecule has 0 radical (unpaired) electrons.